The second kappa shape index (κ2) is 7.66. The summed E-state index contributed by atoms with van der Waals surface area (Å²) in [6, 6.07) is 12.8. The highest BCUT2D eigenvalue weighted by atomic mass is 15.2. The minimum absolute atomic E-state index is 0.624. The van der Waals surface area contributed by atoms with Crippen molar-refractivity contribution in [3.05, 3.63) is 53.3 Å². The summed E-state index contributed by atoms with van der Waals surface area (Å²) >= 11 is 0. The highest BCUT2D eigenvalue weighted by Gasteiger charge is 2.40. The number of benzene rings is 1. The van der Waals surface area contributed by atoms with Crippen molar-refractivity contribution in [2.75, 3.05) is 31.1 Å². The first kappa shape index (κ1) is 17.9. The molecular formula is C22H27N5. The highest BCUT2D eigenvalue weighted by Crippen LogP contribution is 2.36. The molecule has 0 N–H and O–H groups in total. The van der Waals surface area contributed by atoms with Crippen LogP contribution in [0.1, 0.15) is 30.7 Å². The van der Waals surface area contributed by atoms with Crippen LogP contribution < -0.4 is 4.90 Å². The van der Waals surface area contributed by atoms with Gasteiger partial charge in [0.1, 0.15) is 6.07 Å². The highest BCUT2D eigenvalue weighted by molar-refractivity contribution is 5.61. The maximum atomic E-state index is 9.56. The molecule has 0 saturated carbocycles. The quantitative estimate of drug-likeness (QED) is 0.819. The zero-order chi connectivity index (χ0) is 18.8. The molecule has 0 aliphatic carbocycles. The molecule has 0 bridgehead atoms. The lowest BCUT2D eigenvalue weighted by molar-refractivity contribution is 0.304. The second-order valence-electron chi connectivity index (χ2n) is 8.40. The van der Waals surface area contributed by atoms with Crippen LogP contribution in [0.3, 0.4) is 0 Å². The molecule has 27 heavy (non-hydrogen) atoms. The van der Waals surface area contributed by atoms with Gasteiger partial charge in [0.25, 0.3) is 0 Å². The molecule has 3 heterocycles. The van der Waals surface area contributed by atoms with Crippen LogP contribution >= 0.6 is 0 Å². The van der Waals surface area contributed by atoms with Gasteiger partial charge in [-0.1, -0.05) is 19.9 Å². The number of rotatable bonds is 5. The van der Waals surface area contributed by atoms with E-state index in [4.69, 9.17) is 0 Å². The van der Waals surface area contributed by atoms with E-state index in [1.807, 2.05) is 18.2 Å². The fourth-order valence-electron chi connectivity index (χ4n) is 4.59. The van der Waals surface area contributed by atoms with Gasteiger partial charge < -0.3 is 4.90 Å². The Morgan fingerprint density at radius 1 is 1.15 bits per heavy atom. The number of likely N-dealkylation sites (tertiary alicyclic amines) is 1. The summed E-state index contributed by atoms with van der Waals surface area (Å²) in [5.74, 6) is 1.96. The van der Waals surface area contributed by atoms with Gasteiger partial charge in [-0.15, -0.1) is 0 Å². The van der Waals surface area contributed by atoms with Crippen molar-refractivity contribution in [1.82, 2.24) is 15.1 Å². The summed E-state index contributed by atoms with van der Waals surface area (Å²) in [5.41, 5.74) is 4.31. The van der Waals surface area contributed by atoms with Gasteiger partial charge in [-0.2, -0.15) is 15.5 Å². The van der Waals surface area contributed by atoms with E-state index in [0.29, 0.717) is 17.8 Å². The predicted molar refractivity (Wildman–Crippen MR) is 106 cm³/mol. The van der Waals surface area contributed by atoms with Crippen molar-refractivity contribution in [2.45, 2.75) is 26.8 Å². The molecule has 2 aliphatic rings. The molecule has 140 valence electrons. The zero-order valence-electron chi connectivity index (χ0n) is 16.2. The summed E-state index contributed by atoms with van der Waals surface area (Å²) in [4.78, 5) is 4.94. The van der Waals surface area contributed by atoms with Crippen molar-refractivity contribution in [3.8, 4) is 6.07 Å². The minimum Gasteiger partial charge on any atom is -0.370 e. The number of nitriles is 1. The van der Waals surface area contributed by atoms with Gasteiger partial charge >= 0.3 is 0 Å². The van der Waals surface area contributed by atoms with E-state index in [0.717, 1.165) is 56.1 Å². The second-order valence-corrected chi connectivity index (χ2v) is 8.40. The lowest BCUT2D eigenvalue weighted by Crippen LogP contribution is -2.29. The maximum absolute atomic E-state index is 9.56. The number of hydrogen-bond donors (Lipinski definition) is 0. The molecule has 0 amide bonds. The van der Waals surface area contributed by atoms with Gasteiger partial charge in [0, 0.05) is 38.9 Å². The summed E-state index contributed by atoms with van der Waals surface area (Å²) < 4.78 is 0. The van der Waals surface area contributed by atoms with E-state index >= 15 is 0 Å². The first-order valence-corrected chi connectivity index (χ1v) is 9.89. The molecule has 1 aromatic carbocycles. The first-order chi connectivity index (χ1) is 13.1. The standard InChI is InChI=1S/C22H27N5/c1-16(2)8-17-5-6-18(10-23)22(9-17)27-13-19-11-26(12-20(19)14-27)15-21-4-3-7-24-25-21/h3-7,9,16,19-20H,8,11-15H2,1-2H3. The molecule has 2 unspecified atom stereocenters. The Hall–Kier alpha value is -2.45. The van der Waals surface area contributed by atoms with Crippen molar-refractivity contribution >= 4 is 5.69 Å². The van der Waals surface area contributed by atoms with Crippen LogP contribution in [0.2, 0.25) is 0 Å². The Bertz CT molecular complexity index is 812. The molecule has 5 heteroatoms. The van der Waals surface area contributed by atoms with Gasteiger partial charge in [-0.05, 0) is 54.0 Å². The van der Waals surface area contributed by atoms with Crippen LogP contribution in [0.5, 0.6) is 0 Å². The molecule has 5 nitrogen and oxygen atoms in total. The zero-order valence-corrected chi connectivity index (χ0v) is 16.2. The Morgan fingerprint density at radius 2 is 1.93 bits per heavy atom. The fraction of sp³-hybridized carbons (Fsp3) is 0.500. The van der Waals surface area contributed by atoms with E-state index < -0.39 is 0 Å². The Kier molecular flexibility index (Phi) is 5.09. The molecular weight excluding hydrogens is 334 g/mol. The van der Waals surface area contributed by atoms with Gasteiger partial charge in [-0.25, -0.2) is 0 Å². The van der Waals surface area contributed by atoms with Gasteiger partial charge in [-0.3, -0.25) is 4.90 Å². The van der Waals surface area contributed by atoms with Crippen LogP contribution in [-0.2, 0) is 13.0 Å². The van der Waals surface area contributed by atoms with E-state index in [1.54, 1.807) is 6.20 Å². The third-order valence-electron chi connectivity index (χ3n) is 5.74. The molecule has 2 aromatic rings. The van der Waals surface area contributed by atoms with Gasteiger partial charge in [0.2, 0.25) is 0 Å². The van der Waals surface area contributed by atoms with Crippen molar-refractivity contribution in [1.29, 1.82) is 5.26 Å². The lowest BCUT2D eigenvalue weighted by Gasteiger charge is -2.24. The van der Waals surface area contributed by atoms with Crippen LogP contribution in [-0.4, -0.2) is 41.3 Å². The van der Waals surface area contributed by atoms with Crippen molar-refractivity contribution in [2.24, 2.45) is 17.8 Å². The number of nitrogens with zero attached hydrogens (tertiary/aromatic N) is 5. The Labute approximate surface area is 161 Å². The maximum Gasteiger partial charge on any atom is 0.101 e. The summed E-state index contributed by atoms with van der Waals surface area (Å²) in [7, 11) is 0. The van der Waals surface area contributed by atoms with Crippen LogP contribution in [0, 0.1) is 29.1 Å². The number of fused-ring (bicyclic) bond motifs is 1. The first-order valence-electron chi connectivity index (χ1n) is 9.89. The van der Waals surface area contributed by atoms with E-state index in [9.17, 15) is 5.26 Å². The smallest absolute Gasteiger partial charge is 0.101 e. The normalized spacial score (nSPS) is 22.2. The minimum atomic E-state index is 0.624. The molecule has 0 spiro atoms. The largest absolute Gasteiger partial charge is 0.370 e. The Balaban J connectivity index is 1.43. The Morgan fingerprint density at radius 3 is 2.56 bits per heavy atom. The molecule has 2 fully saturated rings. The monoisotopic (exact) mass is 361 g/mol. The third kappa shape index (κ3) is 3.96. The summed E-state index contributed by atoms with van der Waals surface area (Å²) in [6.45, 7) is 9.65. The van der Waals surface area contributed by atoms with Crippen molar-refractivity contribution in [3.63, 3.8) is 0 Å². The molecule has 2 atom stereocenters. The molecule has 2 saturated heterocycles. The molecule has 4 rings (SSSR count). The van der Waals surface area contributed by atoms with Gasteiger partial charge in [0.15, 0.2) is 0 Å². The van der Waals surface area contributed by atoms with Gasteiger partial charge in [0.05, 0.1) is 16.9 Å². The molecule has 1 aromatic heterocycles. The molecule has 0 radical (unpaired) electrons. The molecule has 2 aliphatic heterocycles. The van der Waals surface area contributed by atoms with Crippen molar-refractivity contribution < 1.29 is 0 Å². The van der Waals surface area contributed by atoms with Crippen LogP contribution in [0.4, 0.5) is 5.69 Å². The average molecular weight is 361 g/mol. The predicted octanol–water partition coefficient (Wildman–Crippen LogP) is 3.11. The summed E-state index contributed by atoms with van der Waals surface area (Å²) in [5, 5.41) is 17.8. The van der Waals surface area contributed by atoms with E-state index in [1.165, 1.54) is 5.56 Å². The van der Waals surface area contributed by atoms with Crippen LogP contribution in [0.15, 0.2) is 36.5 Å². The number of anilines is 1. The fourth-order valence-corrected chi connectivity index (χ4v) is 4.59. The van der Waals surface area contributed by atoms with E-state index in [2.05, 4.69) is 52.0 Å². The number of hydrogen-bond acceptors (Lipinski definition) is 5. The number of aromatic nitrogens is 2. The SMILES string of the molecule is CC(C)Cc1ccc(C#N)c(N2CC3CN(Cc4cccnn4)CC3C2)c1. The average Bonchev–Trinajstić information content (AvgIpc) is 3.20. The third-order valence-corrected chi connectivity index (χ3v) is 5.74. The van der Waals surface area contributed by atoms with Crippen LogP contribution in [0.25, 0.3) is 0 Å². The topological polar surface area (TPSA) is 56.1 Å². The van der Waals surface area contributed by atoms with E-state index in [-0.39, 0.29) is 0 Å². The summed E-state index contributed by atoms with van der Waals surface area (Å²) in [6.07, 6.45) is 2.78. The lowest BCUT2D eigenvalue weighted by atomic mass is 10.0.